The Morgan fingerprint density at radius 1 is 1.36 bits per heavy atom. The zero-order valence-corrected chi connectivity index (χ0v) is 15.4. The standard InChI is InChI=1S/C20H23NO3S/c1-20(2)13-8-7-12(14(20)9-13)11-24-18(22)10-17-19(23)21-15-5-3-4-6-16(15)25-17/h3-7,13-14,17H,8-11H2,1-2H3,(H,21,23)/t13-,14-,17-/m0/s1. The third-order valence-electron chi connectivity index (χ3n) is 6.04. The molecule has 1 amide bonds. The van der Waals surface area contributed by atoms with Crippen LogP contribution in [0.25, 0.3) is 0 Å². The van der Waals surface area contributed by atoms with E-state index in [9.17, 15) is 9.59 Å². The van der Waals surface area contributed by atoms with Crippen LogP contribution in [0.4, 0.5) is 5.69 Å². The molecule has 1 heterocycles. The first-order valence-electron chi connectivity index (χ1n) is 8.86. The quantitative estimate of drug-likeness (QED) is 0.653. The second-order valence-corrected chi connectivity index (χ2v) is 9.02. The van der Waals surface area contributed by atoms with Crippen LogP contribution in [-0.4, -0.2) is 23.7 Å². The molecule has 4 aliphatic rings. The van der Waals surface area contributed by atoms with E-state index in [-0.39, 0.29) is 18.3 Å². The van der Waals surface area contributed by atoms with Crippen molar-refractivity contribution < 1.29 is 14.3 Å². The summed E-state index contributed by atoms with van der Waals surface area (Å²) in [5.41, 5.74) is 2.41. The van der Waals surface area contributed by atoms with Gasteiger partial charge in [-0.15, -0.1) is 11.8 Å². The highest BCUT2D eigenvalue weighted by Gasteiger charge is 2.51. The van der Waals surface area contributed by atoms with Gasteiger partial charge >= 0.3 is 5.97 Å². The third kappa shape index (κ3) is 2.99. The van der Waals surface area contributed by atoms with E-state index in [4.69, 9.17) is 4.74 Å². The number of carbonyl (C=O) groups excluding carboxylic acids is 2. The maximum Gasteiger partial charge on any atom is 0.307 e. The van der Waals surface area contributed by atoms with Gasteiger partial charge in [-0.25, -0.2) is 0 Å². The number of ether oxygens (including phenoxy) is 1. The zero-order chi connectivity index (χ0) is 17.6. The number of benzene rings is 1. The fraction of sp³-hybridized carbons (Fsp3) is 0.500. The fourth-order valence-corrected chi connectivity index (χ4v) is 5.34. The Morgan fingerprint density at radius 3 is 2.92 bits per heavy atom. The number of esters is 1. The molecule has 132 valence electrons. The number of allylic oxidation sites excluding steroid dienone is 1. The SMILES string of the molecule is CC1(C)[C@H]2CC=C(COC(=O)C[C@@H]3Sc4ccccc4NC3=O)[C@@H]1C2. The topological polar surface area (TPSA) is 55.4 Å². The minimum absolute atomic E-state index is 0.106. The lowest BCUT2D eigenvalue weighted by Gasteiger charge is -2.56. The van der Waals surface area contributed by atoms with Gasteiger partial charge in [0.25, 0.3) is 0 Å². The molecule has 1 saturated carbocycles. The first-order valence-corrected chi connectivity index (χ1v) is 9.74. The summed E-state index contributed by atoms with van der Waals surface area (Å²) in [6.45, 7) is 4.98. The second-order valence-electron chi connectivity index (χ2n) is 7.78. The number of thioether (sulfide) groups is 1. The molecule has 4 nitrogen and oxygen atoms in total. The summed E-state index contributed by atoms with van der Waals surface area (Å²) in [7, 11) is 0. The largest absolute Gasteiger partial charge is 0.461 e. The highest BCUT2D eigenvalue weighted by Crippen LogP contribution is 2.59. The molecule has 3 atom stereocenters. The van der Waals surface area contributed by atoms with E-state index in [0.717, 1.165) is 22.9 Å². The van der Waals surface area contributed by atoms with E-state index in [1.807, 2.05) is 24.3 Å². The van der Waals surface area contributed by atoms with Crippen molar-refractivity contribution in [3.8, 4) is 0 Å². The van der Waals surface area contributed by atoms with E-state index in [2.05, 4.69) is 25.2 Å². The van der Waals surface area contributed by atoms with Crippen LogP contribution in [0, 0.1) is 17.3 Å². The van der Waals surface area contributed by atoms with Gasteiger partial charge in [-0.05, 0) is 47.8 Å². The van der Waals surface area contributed by atoms with Crippen molar-refractivity contribution in [1.82, 2.24) is 0 Å². The van der Waals surface area contributed by atoms with Crippen LogP contribution in [0.1, 0.15) is 33.1 Å². The summed E-state index contributed by atoms with van der Waals surface area (Å²) in [4.78, 5) is 25.4. The van der Waals surface area contributed by atoms with Crippen molar-refractivity contribution >= 4 is 29.3 Å². The first-order chi connectivity index (χ1) is 11.9. The number of amides is 1. The molecule has 0 spiro atoms. The fourth-order valence-electron chi connectivity index (χ4n) is 4.24. The number of anilines is 1. The van der Waals surface area contributed by atoms with Gasteiger partial charge in [0.1, 0.15) is 6.61 Å². The minimum atomic E-state index is -0.424. The van der Waals surface area contributed by atoms with Gasteiger partial charge in [0.15, 0.2) is 0 Å². The Morgan fingerprint density at radius 2 is 2.16 bits per heavy atom. The van der Waals surface area contributed by atoms with Gasteiger partial charge in [0.2, 0.25) is 5.91 Å². The molecule has 0 aromatic heterocycles. The van der Waals surface area contributed by atoms with Crippen LogP contribution < -0.4 is 5.32 Å². The van der Waals surface area contributed by atoms with Crippen LogP contribution in [-0.2, 0) is 14.3 Å². The molecule has 1 fully saturated rings. The summed E-state index contributed by atoms with van der Waals surface area (Å²) in [6, 6.07) is 7.65. The summed E-state index contributed by atoms with van der Waals surface area (Å²) in [5, 5.41) is 2.44. The Bertz CT molecular complexity index is 755. The lowest BCUT2D eigenvalue weighted by atomic mass is 9.49. The molecular formula is C20H23NO3S. The van der Waals surface area contributed by atoms with Crippen molar-refractivity contribution in [2.24, 2.45) is 17.3 Å². The average Bonchev–Trinajstić information content (AvgIpc) is 2.60. The lowest BCUT2D eigenvalue weighted by molar-refractivity contribution is -0.144. The molecule has 0 unspecified atom stereocenters. The highest BCUT2D eigenvalue weighted by atomic mass is 32.2. The molecule has 1 N–H and O–H groups in total. The van der Waals surface area contributed by atoms with Crippen molar-refractivity contribution in [1.29, 1.82) is 0 Å². The van der Waals surface area contributed by atoms with Crippen LogP contribution in [0.5, 0.6) is 0 Å². The molecule has 0 radical (unpaired) electrons. The van der Waals surface area contributed by atoms with Crippen LogP contribution in [0.2, 0.25) is 0 Å². The van der Waals surface area contributed by atoms with Gasteiger partial charge in [0.05, 0.1) is 17.4 Å². The van der Waals surface area contributed by atoms with E-state index < -0.39 is 5.25 Å². The number of carbonyl (C=O) groups is 2. The number of hydrogen-bond acceptors (Lipinski definition) is 4. The summed E-state index contributed by atoms with van der Waals surface area (Å²) >= 11 is 1.44. The van der Waals surface area contributed by atoms with E-state index in [1.54, 1.807) is 0 Å². The molecule has 2 bridgehead atoms. The number of nitrogens with one attached hydrogen (secondary N) is 1. The first kappa shape index (κ1) is 16.7. The maximum atomic E-state index is 12.2. The molecule has 3 aliphatic carbocycles. The van der Waals surface area contributed by atoms with Crippen molar-refractivity contribution in [3.05, 3.63) is 35.9 Å². The van der Waals surface area contributed by atoms with Crippen molar-refractivity contribution in [2.75, 3.05) is 11.9 Å². The predicted octanol–water partition coefficient (Wildman–Crippen LogP) is 4.03. The van der Waals surface area contributed by atoms with Gasteiger partial charge in [-0.1, -0.05) is 32.1 Å². The Balaban J connectivity index is 1.33. The van der Waals surface area contributed by atoms with E-state index in [0.29, 0.717) is 17.9 Å². The molecule has 5 rings (SSSR count). The second kappa shape index (κ2) is 6.20. The molecule has 0 saturated heterocycles. The summed E-state index contributed by atoms with van der Waals surface area (Å²) < 4.78 is 5.51. The monoisotopic (exact) mass is 357 g/mol. The minimum Gasteiger partial charge on any atom is -0.461 e. The normalized spacial score (nSPS) is 29.0. The van der Waals surface area contributed by atoms with Gasteiger partial charge in [-0.2, -0.15) is 0 Å². The van der Waals surface area contributed by atoms with E-state index >= 15 is 0 Å². The van der Waals surface area contributed by atoms with Crippen molar-refractivity contribution in [3.63, 3.8) is 0 Å². The molecule has 5 heteroatoms. The number of hydrogen-bond donors (Lipinski definition) is 1. The molecule has 25 heavy (non-hydrogen) atoms. The van der Waals surface area contributed by atoms with Crippen LogP contribution in [0.3, 0.4) is 0 Å². The van der Waals surface area contributed by atoms with Crippen LogP contribution in [0.15, 0.2) is 40.8 Å². The number of rotatable bonds is 4. The maximum absolute atomic E-state index is 12.2. The lowest BCUT2D eigenvalue weighted by Crippen LogP contribution is -2.48. The average molecular weight is 357 g/mol. The number of fused-ring (bicyclic) bond motifs is 2. The molecule has 1 aromatic carbocycles. The highest BCUT2D eigenvalue weighted by molar-refractivity contribution is 8.01. The van der Waals surface area contributed by atoms with Gasteiger partial charge in [-0.3, -0.25) is 9.59 Å². The molecule has 1 aliphatic heterocycles. The van der Waals surface area contributed by atoms with Crippen LogP contribution >= 0.6 is 11.8 Å². The van der Waals surface area contributed by atoms with Gasteiger partial charge in [0, 0.05) is 4.90 Å². The summed E-state index contributed by atoms with van der Waals surface area (Å²) in [5.74, 6) is 0.894. The smallest absolute Gasteiger partial charge is 0.307 e. The Hall–Kier alpha value is -1.75. The third-order valence-corrected chi connectivity index (χ3v) is 7.32. The molecule has 1 aromatic rings. The summed E-state index contributed by atoms with van der Waals surface area (Å²) in [6.07, 6.45) is 4.66. The Labute approximate surface area is 152 Å². The zero-order valence-electron chi connectivity index (χ0n) is 14.6. The number of para-hydroxylation sites is 1. The van der Waals surface area contributed by atoms with Gasteiger partial charge < -0.3 is 10.1 Å². The molecular weight excluding hydrogens is 334 g/mol. The van der Waals surface area contributed by atoms with E-state index in [1.165, 1.54) is 23.8 Å². The Kier molecular flexibility index (Phi) is 4.14. The van der Waals surface area contributed by atoms with Crippen molar-refractivity contribution in [2.45, 2.75) is 43.3 Å². The predicted molar refractivity (Wildman–Crippen MR) is 98.4 cm³/mol.